The largest absolute Gasteiger partial charge is 0.298 e. The van der Waals surface area contributed by atoms with E-state index < -0.39 is 0 Å². The smallest absolute Gasteiger partial charge is 0.0481 e. The van der Waals surface area contributed by atoms with Crippen LogP contribution in [0.3, 0.4) is 0 Å². The molecule has 0 aliphatic rings. The Morgan fingerprint density at radius 1 is 1.33 bits per heavy atom. The van der Waals surface area contributed by atoms with E-state index in [4.69, 9.17) is 11.6 Å². The zero-order valence-electron chi connectivity index (χ0n) is 13.4. The third kappa shape index (κ3) is 7.18. The second-order valence-electron chi connectivity index (χ2n) is 6.20. The van der Waals surface area contributed by atoms with Crippen molar-refractivity contribution in [1.82, 2.24) is 4.90 Å². The van der Waals surface area contributed by atoms with E-state index in [1.165, 1.54) is 0 Å². The van der Waals surface area contributed by atoms with Crippen molar-refractivity contribution >= 4 is 17.2 Å². The van der Waals surface area contributed by atoms with Crippen molar-refractivity contribution in [2.75, 3.05) is 20.1 Å². The molecule has 0 fully saturated rings. The van der Waals surface area contributed by atoms with Gasteiger partial charge >= 0.3 is 0 Å². The van der Waals surface area contributed by atoms with E-state index in [1.807, 2.05) is 30.3 Å². The summed E-state index contributed by atoms with van der Waals surface area (Å²) in [5.41, 5.74) is 2.09. The highest BCUT2D eigenvalue weighted by atomic mass is 35.5. The Balaban J connectivity index is 2.49. The van der Waals surface area contributed by atoms with Gasteiger partial charge in [0.15, 0.2) is 0 Å². The average Bonchev–Trinajstić information content (AvgIpc) is 2.37. The Kier molecular flexibility index (Phi) is 6.75. The summed E-state index contributed by atoms with van der Waals surface area (Å²) in [6.07, 6.45) is 3.98. The second kappa shape index (κ2) is 8.08. The van der Waals surface area contributed by atoms with Gasteiger partial charge in [-0.25, -0.2) is 0 Å². The minimum Gasteiger partial charge on any atom is -0.298 e. The molecule has 1 aromatic carbocycles. The van der Waals surface area contributed by atoms with Crippen molar-refractivity contribution in [1.29, 1.82) is 0 Å². The fourth-order valence-corrected chi connectivity index (χ4v) is 2.04. The van der Waals surface area contributed by atoms with E-state index >= 15 is 0 Å². The SMILES string of the molecule is C=C(CN(C)C/C=C/C#CC(C)(C)C)c1ccccc1Cl. The highest BCUT2D eigenvalue weighted by Gasteiger charge is 2.06. The molecule has 0 saturated heterocycles. The van der Waals surface area contributed by atoms with E-state index in [0.29, 0.717) is 0 Å². The first-order valence-electron chi connectivity index (χ1n) is 7.08. The fourth-order valence-electron chi connectivity index (χ4n) is 1.77. The van der Waals surface area contributed by atoms with Crippen molar-refractivity contribution in [2.45, 2.75) is 20.8 Å². The minimum absolute atomic E-state index is 0.0502. The molecular formula is C19H24ClN. The molecule has 0 amide bonds. The summed E-state index contributed by atoms with van der Waals surface area (Å²) in [6, 6.07) is 7.81. The number of hydrogen-bond donors (Lipinski definition) is 0. The molecule has 1 rings (SSSR count). The monoisotopic (exact) mass is 301 g/mol. The Labute approximate surface area is 134 Å². The molecule has 0 aliphatic carbocycles. The van der Waals surface area contributed by atoms with Crippen molar-refractivity contribution in [3.8, 4) is 11.8 Å². The van der Waals surface area contributed by atoms with E-state index in [9.17, 15) is 0 Å². The third-order valence-electron chi connectivity index (χ3n) is 2.78. The molecule has 1 nitrogen and oxygen atoms in total. The molecule has 1 aromatic rings. The van der Waals surface area contributed by atoms with Crippen molar-refractivity contribution in [3.05, 3.63) is 53.6 Å². The Hall–Kier alpha value is -1.49. The number of nitrogens with zero attached hydrogens (tertiary/aromatic N) is 1. The molecular weight excluding hydrogens is 278 g/mol. The molecule has 0 N–H and O–H groups in total. The zero-order chi connectivity index (χ0) is 15.9. The fraction of sp³-hybridized carbons (Fsp3) is 0.368. The Morgan fingerprint density at radius 3 is 2.62 bits per heavy atom. The number of likely N-dealkylation sites (N-methyl/N-ethyl adjacent to an activating group) is 1. The van der Waals surface area contributed by atoms with Crippen molar-refractivity contribution in [2.24, 2.45) is 5.41 Å². The molecule has 0 heterocycles. The van der Waals surface area contributed by atoms with Crippen LogP contribution in [0.25, 0.3) is 5.57 Å². The topological polar surface area (TPSA) is 3.24 Å². The number of rotatable bonds is 5. The summed E-state index contributed by atoms with van der Waals surface area (Å²) in [7, 11) is 2.06. The van der Waals surface area contributed by atoms with Crippen LogP contribution in [0.15, 0.2) is 43.0 Å². The van der Waals surface area contributed by atoms with Gasteiger partial charge in [-0.15, -0.1) is 0 Å². The molecule has 0 aromatic heterocycles. The van der Waals surface area contributed by atoms with E-state index in [2.05, 4.69) is 57.2 Å². The van der Waals surface area contributed by atoms with Crippen LogP contribution >= 0.6 is 11.6 Å². The number of halogens is 1. The summed E-state index contributed by atoms with van der Waals surface area (Å²) < 4.78 is 0. The molecule has 0 radical (unpaired) electrons. The Morgan fingerprint density at radius 2 is 2.00 bits per heavy atom. The van der Waals surface area contributed by atoms with Crippen LogP contribution < -0.4 is 0 Å². The predicted octanol–water partition coefficient (Wildman–Crippen LogP) is 4.89. The summed E-state index contributed by atoms with van der Waals surface area (Å²) in [4.78, 5) is 2.18. The molecule has 0 saturated carbocycles. The van der Waals surface area contributed by atoms with Gasteiger partial charge in [0.05, 0.1) is 0 Å². The molecule has 2 heteroatoms. The summed E-state index contributed by atoms with van der Waals surface area (Å²) >= 11 is 6.18. The van der Waals surface area contributed by atoms with Crippen LogP contribution in [0.4, 0.5) is 0 Å². The molecule has 0 unspecified atom stereocenters. The van der Waals surface area contributed by atoms with Gasteiger partial charge < -0.3 is 0 Å². The van der Waals surface area contributed by atoms with Crippen molar-refractivity contribution in [3.63, 3.8) is 0 Å². The maximum absolute atomic E-state index is 6.18. The minimum atomic E-state index is 0.0502. The maximum Gasteiger partial charge on any atom is 0.0481 e. The normalized spacial score (nSPS) is 11.5. The van der Waals surface area contributed by atoms with Crippen molar-refractivity contribution < 1.29 is 0 Å². The predicted molar refractivity (Wildman–Crippen MR) is 94.4 cm³/mol. The van der Waals surface area contributed by atoms with Crippen LogP contribution in [0.1, 0.15) is 26.3 Å². The molecule has 0 bridgehead atoms. The molecule has 0 aliphatic heterocycles. The van der Waals surface area contributed by atoms with E-state index in [0.717, 1.165) is 29.2 Å². The highest BCUT2D eigenvalue weighted by molar-refractivity contribution is 6.32. The average molecular weight is 302 g/mol. The lowest BCUT2D eigenvalue weighted by Crippen LogP contribution is -2.20. The maximum atomic E-state index is 6.18. The highest BCUT2D eigenvalue weighted by Crippen LogP contribution is 2.22. The van der Waals surface area contributed by atoms with Gasteiger partial charge in [-0.3, -0.25) is 4.90 Å². The van der Waals surface area contributed by atoms with Gasteiger partial charge in [-0.2, -0.15) is 0 Å². The summed E-state index contributed by atoms with van der Waals surface area (Å²) in [6.45, 7) is 12.1. The van der Waals surface area contributed by atoms with Gasteiger partial charge in [0.25, 0.3) is 0 Å². The molecule has 21 heavy (non-hydrogen) atoms. The van der Waals surface area contributed by atoms with Crippen LogP contribution in [-0.4, -0.2) is 25.0 Å². The summed E-state index contributed by atoms with van der Waals surface area (Å²) in [5, 5.41) is 0.752. The van der Waals surface area contributed by atoms with Crippen LogP contribution in [0.5, 0.6) is 0 Å². The quantitative estimate of drug-likeness (QED) is 0.700. The van der Waals surface area contributed by atoms with Gasteiger partial charge in [0, 0.05) is 23.5 Å². The van der Waals surface area contributed by atoms with E-state index in [1.54, 1.807) is 0 Å². The number of allylic oxidation sites excluding steroid dienone is 1. The first kappa shape index (κ1) is 17.6. The van der Waals surface area contributed by atoms with Gasteiger partial charge in [-0.1, -0.05) is 54.3 Å². The lowest BCUT2D eigenvalue weighted by molar-refractivity contribution is 0.419. The zero-order valence-corrected chi connectivity index (χ0v) is 14.2. The van der Waals surface area contributed by atoms with Gasteiger partial charge in [0.2, 0.25) is 0 Å². The lowest BCUT2D eigenvalue weighted by Gasteiger charge is -2.16. The number of benzene rings is 1. The standard InChI is InChI=1S/C19H24ClN/c1-16(17-11-7-8-12-18(17)20)15-21(5)14-10-6-9-13-19(2,3)4/h6-8,10-12H,1,14-15H2,2-5H3/b10-6+. The van der Waals surface area contributed by atoms with E-state index in [-0.39, 0.29) is 5.41 Å². The molecule has 0 spiro atoms. The van der Waals surface area contributed by atoms with Gasteiger partial charge in [-0.05, 0) is 51.1 Å². The van der Waals surface area contributed by atoms with Crippen LogP contribution in [-0.2, 0) is 0 Å². The molecule has 112 valence electrons. The van der Waals surface area contributed by atoms with Crippen LogP contribution in [0, 0.1) is 17.3 Å². The first-order valence-corrected chi connectivity index (χ1v) is 7.46. The van der Waals surface area contributed by atoms with Crippen LogP contribution in [0.2, 0.25) is 5.02 Å². The molecule has 0 atom stereocenters. The van der Waals surface area contributed by atoms with Gasteiger partial charge in [0.1, 0.15) is 0 Å². The second-order valence-corrected chi connectivity index (χ2v) is 6.61. The Bertz CT molecular complexity index is 567. The first-order chi connectivity index (χ1) is 9.79. The number of hydrogen-bond acceptors (Lipinski definition) is 1. The lowest BCUT2D eigenvalue weighted by atomic mass is 9.98. The summed E-state index contributed by atoms with van der Waals surface area (Å²) in [5.74, 6) is 6.25. The third-order valence-corrected chi connectivity index (χ3v) is 3.11.